The van der Waals surface area contributed by atoms with E-state index in [1.54, 1.807) is 21.8 Å². The molecule has 29 heavy (non-hydrogen) atoms. The first kappa shape index (κ1) is 20.9. The molecule has 3 aromatic rings. The molecule has 1 N–H and O–H groups in total. The van der Waals surface area contributed by atoms with Crippen LogP contribution in [0.3, 0.4) is 0 Å². The summed E-state index contributed by atoms with van der Waals surface area (Å²) in [6, 6.07) is -1.00. The van der Waals surface area contributed by atoms with Crippen LogP contribution in [0.25, 0.3) is 0 Å². The number of alkyl halides is 3. The standard InChI is InChI=1S/C17H19ClF3N7O/c1-4-26-7-12(5-22-26)8-27-9-13(6-23-27)24-16(29)11(3)28-10(2)14(18)15(25-28)17(19,20)21/h5-7,9,11H,4,8H2,1-3H3,(H,24,29). The molecule has 0 aliphatic heterocycles. The molecule has 0 aliphatic rings. The van der Waals surface area contributed by atoms with E-state index in [2.05, 4.69) is 20.6 Å². The third-order valence-electron chi connectivity index (χ3n) is 4.35. The van der Waals surface area contributed by atoms with Crippen molar-refractivity contribution in [3.05, 3.63) is 46.8 Å². The number of anilines is 1. The van der Waals surface area contributed by atoms with Crippen molar-refractivity contribution in [2.45, 2.75) is 46.1 Å². The molecule has 3 heterocycles. The number of hydrogen-bond acceptors (Lipinski definition) is 4. The maximum absolute atomic E-state index is 13.0. The molecule has 0 fully saturated rings. The van der Waals surface area contributed by atoms with Gasteiger partial charge in [-0.25, -0.2) is 0 Å². The topological polar surface area (TPSA) is 82.6 Å². The van der Waals surface area contributed by atoms with Crippen LogP contribution in [0.4, 0.5) is 18.9 Å². The van der Waals surface area contributed by atoms with Crippen molar-refractivity contribution in [3.8, 4) is 0 Å². The van der Waals surface area contributed by atoms with E-state index in [0.29, 0.717) is 12.2 Å². The molecule has 156 valence electrons. The Morgan fingerprint density at radius 1 is 1.24 bits per heavy atom. The zero-order valence-corrected chi connectivity index (χ0v) is 16.7. The summed E-state index contributed by atoms with van der Waals surface area (Å²) in [5.41, 5.74) is 0.210. The number of carbonyl (C=O) groups is 1. The molecule has 0 bridgehead atoms. The fourth-order valence-corrected chi connectivity index (χ4v) is 3.01. The Morgan fingerprint density at radius 3 is 2.52 bits per heavy atom. The van der Waals surface area contributed by atoms with Crippen molar-refractivity contribution in [2.75, 3.05) is 5.32 Å². The highest BCUT2D eigenvalue weighted by Gasteiger charge is 2.39. The first-order valence-corrected chi connectivity index (χ1v) is 9.14. The maximum atomic E-state index is 13.0. The van der Waals surface area contributed by atoms with Gasteiger partial charge in [0.1, 0.15) is 6.04 Å². The maximum Gasteiger partial charge on any atom is 0.436 e. The molecular weight excluding hydrogens is 411 g/mol. The number of amides is 1. The van der Waals surface area contributed by atoms with Crippen LogP contribution in [0.15, 0.2) is 24.8 Å². The molecule has 0 aliphatic carbocycles. The van der Waals surface area contributed by atoms with Gasteiger partial charge < -0.3 is 5.32 Å². The number of aromatic nitrogens is 6. The second-order valence-electron chi connectivity index (χ2n) is 6.49. The van der Waals surface area contributed by atoms with Gasteiger partial charge in [-0.3, -0.25) is 18.8 Å². The fraction of sp³-hybridized carbons (Fsp3) is 0.412. The van der Waals surface area contributed by atoms with Gasteiger partial charge in [0.05, 0.1) is 35.3 Å². The smallest absolute Gasteiger partial charge is 0.322 e. The number of carbonyl (C=O) groups excluding carboxylic acids is 1. The molecule has 0 spiro atoms. The molecule has 0 saturated carbocycles. The summed E-state index contributed by atoms with van der Waals surface area (Å²) in [5, 5.41) is 14.0. The summed E-state index contributed by atoms with van der Waals surface area (Å²) >= 11 is 5.74. The Balaban J connectivity index is 1.70. The van der Waals surface area contributed by atoms with E-state index in [0.717, 1.165) is 16.8 Å². The molecule has 0 radical (unpaired) electrons. The summed E-state index contributed by atoms with van der Waals surface area (Å²) in [6.07, 6.45) is 2.01. The van der Waals surface area contributed by atoms with E-state index >= 15 is 0 Å². The highest BCUT2D eigenvalue weighted by Crippen LogP contribution is 2.36. The monoisotopic (exact) mass is 429 g/mol. The Morgan fingerprint density at radius 2 is 1.93 bits per heavy atom. The third-order valence-corrected chi connectivity index (χ3v) is 4.80. The molecule has 1 unspecified atom stereocenters. The fourth-order valence-electron chi connectivity index (χ4n) is 2.78. The zero-order valence-electron chi connectivity index (χ0n) is 15.9. The summed E-state index contributed by atoms with van der Waals surface area (Å²) < 4.78 is 43.3. The minimum atomic E-state index is -4.70. The Labute approximate surface area is 169 Å². The molecule has 3 aromatic heterocycles. The minimum Gasteiger partial charge on any atom is -0.322 e. The van der Waals surface area contributed by atoms with E-state index in [-0.39, 0.29) is 5.69 Å². The average molecular weight is 430 g/mol. The Bertz CT molecular complexity index is 1020. The number of nitrogens with zero attached hydrogens (tertiary/aromatic N) is 6. The summed E-state index contributed by atoms with van der Waals surface area (Å²) in [5.74, 6) is -0.542. The summed E-state index contributed by atoms with van der Waals surface area (Å²) in [4.78, 5) is 12.5. The van der Waals surface area contributed by atoms with Crippen molar-refractivity contribution < 1.29 is 18.0 Å². The SMILES string of the molecule is CCn1cc(Cn2cc(NC(=O)C(C)n3nc(C(F)(F)F)c(Cl)c3C)cn2)cn1. The van der Waals surface area contributed by atoms with E-state index in [4.69, 9.17) is 11.6 Å². The number of hydrogen-bond donors (Lipinski definition) is 1. The number of nitrogens with one attached hydrogen (secondary N) is 1. The van der Waals surface area contributed by atoms with Crippen molar-refractivity contribution in [1.29, 1.82) is 0 Å². The van der Waals surface area contributed by atoms with Crippen molar-refractivity contribution in [3.63, 3.8) is 0 Å². The lowest BCUT2D eigenvalue weighted by atomic mass is 10.3. The first-order valence-electron chi connectivity index (χ1n) is 8.76. The van der Waals surface area contributed by atoms with Crippen molar-refractivity contribution >= 4 is 23.2 Å². The predicted molar refractivity (Wildman–Crippen MR) is 99.5 cm³/mol. The Kier molecular flexibility index (Phi) is 5.69. The van der Waals surface area contributed by atoms with Gasteiger partial charge in [-0.2, -0.15) is 28.5 Å². The van der Waals surface area contributed by atoms with Gasteiger partial charge in [0.15, 0.2) is 5.69 Å². The zero-order chi connectivity index (χ0) is 21.3. The lowest BCUT2D eigenvalue weighted by Gasteiger charge is -2.13. The van der Waals surface area contributed by atoms with E-state index in [1.807, 2.05) is 13.1 Å². The summed E-state index contributed by atoms with van der Waals surface area (Å²) in [7, 11) is 0. The largest absolute Gasteiger partial charge is 0.436 e. The van der Waals surface area contributed by atoms with Gasteiger partial charge in [0, 0.05) is 24.5 Å². The highest BCUT2D eigenvalue weighted by molar-refractivity contribution is 6.32. The van der Waals surface area contributed by atoms with Gasteiger partial charge in [0.25, 0.3) is 0 Å². The molecule has 8 nitrogen and oxygen atoms in total. The Hall–Kier alpha value is -2.82. The molecule has 1 amide bonds. The van der Waals surface area contributed by atoms with Crippen LogP contribution in [0.5, 0.6) is 0 Å². The van der Waals surface area contributed by atoms with Crippen LogP contribution in [0.2, 0.25) is 5.02 Å². The predicted octanol–water partition coefficient (Wildman–Crippen LogP) is 3.52. The number of halogens is 4. The van der Waals surface area contributed by atoms with Crippen LogP contribution >= 0.6 is 11.6 Å². The number of rotatable bonds is 6. The second-order valence-corrected chi connectivity index (χ2v) is 6.86. The lowest BCUT2D eigenvalue weighted by molar-refractivity contribution is -0.141. The minimum absolute atomic E-state index is 0.0604. The molecule has 12 heteroatoms. The van der Waals surface area contributed by atoms with Crippen LogP contribution in [-0.2, 0) is 24.1 Å². The molecular formula is C17H19ClF3N7O. The van der Waals surface area contributed by atoms with E-state index in [9.17, 15) is 18.0 Å². The van der Waals surface area contributed by atoms with Gasteiger partial charge in [-0.1, -0.05) is 11.6 Å². The van der Waals surface area contributed by atoms with E-state index < -0.39 is 28.8 Å². The summed E-state index contributed by atoms with van der Waals surface area (Å²) in [6.45, 7) is 6.02. The average Bonchev–Trinajstić information content (AvgIpc) is 3.35. The van der Waals surface area contributed by atoms with Crippen LogP contribution in [-0.4, -0.2) is 35.2 Å². The van der Waals surface area contributed by atoms with Crippen molar-refractivity contribution in [1.82, 2.24) is 29.3 Å². The number of aryl methyl sites for hydroxylation is 1. The quantitative estimate of drug-likeness (QED) is 0.650. The third kappa shape index (κ3) is 4.44. The lowest BCUT2D eigenvalue weighted by Crippen LogP contribution is -2.25. The van der Waals surface area contributed by atoms with Gasteiger partial charge in [-0.15, -0.1) is 0 Å². The van der Waals surface area contributed by atoms with Crippen molar-refractivity contribution in [2.24, 2.45) is 0 Å². The van der Waals surface area contributed by atoms with Gasteiger partial charge in [-0.05, 0) is 20.8 Å². The molecule has 0 aromatic carbocycles. The van der Waals surface area contributed by atoms with Gasteiger partial charge >= 0.3 is 6.18 Å². The van der Waals surface area contributed by atoms with Crippen LogP contribution < -0.4 is 5.32 Å². The van der Waals surface area contributed by atoms with Crippen LogP contribution in [0, 0.1) is 6.92 Å². The van der Waals surface area contributed by atoms with Crippen LogP contribution in [0.1, 0.15) is 36.8 Å². The molecule has 3 rings (SSSR count). The first-order chi connectivity index (χ1) is 13.6. The second kappa shape index (κ2) is 7.90. The van der Waals surface area contributed by atoms with E-state index in [1.165, 1.54) is 20.0 Å². The molecule has 0 saturated heterocycles. The van der Waals surface area contributed by atoms with Gasteiger partial charge in [0.2, 0.25) is 5.91 Å². The normalized spacial score (nSPS) is 12.9. The highest BCUT2D eigenvalue weighted by atomic mass is 35.5. The molecule has 1 atom stereocenters.